The molecule has 0 aliphatic rings. The summed E-state index contributed by atoms with van der Waals surface area (Å²) in [6.45, 7) is 8.24. The number of fused-ring (bicyclic) bond motifs is 1. The Hall–Kier alpha value is -3.58. The van der Waals surface area contributed by atoms with Crippen LogP contribution in [0.1, 0.15) is 22.6 Å². The first kappa shape index (κ1) is 19.4. The van der Waals surface area contributed by atoms with E-state index in [1.54, 1.807) is 0 Å². The Bertz CT molecular complexity index is 1490. The highest BCUT2D eigenvalue weighted by atomic mass is 32.1. The molecule has 0 saturated heterocycles. The largest absolute Gasteiger partial charge is 0.323 e. The molecule has 5 rings (SSSR count). The Labute approximate surface area is 183 Å². The van der Waals surface area contributed by atoms with E-state index in [4.69, 9.17) is 9.97 Å². The smallest absolute Gasteiger partial charge is 0.296 e. The maximum atomic E-state index is 11.6. The predicted molar refractivity (Wildman–Crippen MR) is 125 cm³/mol. The van der Waals surface area contributed by atoms with Crippen molar-refractivity contribution in [2.24, 2.45) is 0 Å². The molecule has 0 radical (unpaired) electrons. The number of aromatic amines is 1. The number of H-pyrrole nitrogens is 1. The standard InChI is InChI=1S/C24H21N5OS/c1-13-14(2)21-23(25-15(13)3)29(16(4)26-21)18-11-9-17(10-12-18)19-7-5-6-8-20(19)22-27-24(30)31-28-22/h5-12H,1-4H3,(H,27,28,30). The van der Waals surface area contributed by atoms with Crippen LogP contribution in [0.3, 0.4) is 0 Å². The molecule has 31 heavy (non-hydrogen) atoms. The zero-order valence-electron chi connectivity index (χ0n) is 17.7. The number of aromatic nitrogens is 5. The fourth-order valence-corrected chi connectivity index (χ4v) is 4.41. The first-order valence-corrected chi connectivity index (χ1v) is 10.8. The average Bonchev–Trinajstić information content (AvgIpc) is 3.35. The first-order valence-electron chi connectivity index (χ1n) is 10.0. The molecule has 5 aromatic rings. The van der Waals surface area contributed by atoms with Gasteiger partial charge in [0.1, 0.15) is 11.3 Å². The first-order chi connectivity index (χ1) is 14.9. The van der Waals surface area contributed by atoms with Crippen LogP contribution in [0.2, 0.25) is 0 Å². The SMILES string of the molecule is Cc1nc2c(nc(C)n2-c2ccc(-c3ccccc3-c3nsc(=O)[nH]3)cc2)c(C)c1C. The number of rotatable bonds is 3. The van der Waals surface area contributed by atoms with Gasteiger partial charge in [0.15, 0.2) is 11.5 Å². The summed E-state index contributed by atoms with van der Waals surface area (Å²) in [5, 5.41) is 0. The molecule has 1 N–H and O–H groups in total. The van der Waals surface area contributed by atoms with Crippen LogP contribution in [0.15, 0.2) is 53.3 Å². The van der Waals surface area contributed by atoms with E-state index in [0.717, 1.165) is 56.6 Å². The number of pyridine rings is 1. The van der Waals surface area contributed by atoms with Crippen molar-refractivity contribution < 1.29 is 0 Å². The lowest BCUT2D eigenvalue weighted by molar-refractivity contribution is 0.982. The molecule has 3 heterocycles. The number of benzene rings is 2. The molecule has 0 unspecified atom stereocenters. The number of hydrogen-bond acceptors (Lipinski definition) is 5. The molecule has 0 aliphatic carbocycles. The molecule has 0 saturated carbocycles. The van der Waals surface area contributed by atoms with E-state index in [0.29, 0.717) is 5.82 Å². The molecule has 3 aromatic heterocycles. The van der Waals surface area contributed by atoms with Crippen molar-refractivity contribution in [2.75, 3.05) is 0 Å². The van der Waals surface area contributed by atoms with Gasteiger partial charge in [-0.1, -0.05) is 36.4 Å². The topological polar surface area (TPSA) is 76.5 Å². The van der Waals surface area contributed by atoms with Gasteiger partial charge in [-0.05, 0) is 62.1 Å². The summed E-state index contributed by atoms with van der Waals surface area (Å²) in [5.41, 5.74) is 9.19. The number of aryl methyl sites for hydroxylation is 3. The lowest BCUT2D eigenvalue weighted by Crippen LogP contribution is -2.00. The highest BCUT2D eigenvalue weighted by molar-refractivity contribution is 7.03. The van der Waals surface area contributed by atoms with Crippen molar-refractivity contribution in [3.8, 4) is 28.2 Å². The Kier molecular flexibility index (Phi) is 4.55. The van der Waals surface area contributed by atoms with Crippen molar-refractivity contribution in [3.05, 3.63) is 80.8 Å². The maximum absolute atomic E-state index is 11.6. The Morgan fingerprint density at radius 2 is 1.58 bits per heavy atom. The summed E-state index contributed by atoms with van der Waals surface area (Å²) >= 11 is 0.931. The van der Waals surface area contributed by atoms with Crippen LogP contribution in [-0.4, -0.2) is 23.9 Å². The summed E-state index contributed by atoms with van der Waals surface area (Å²) in [6.07, 6.45) is 0. The van der Waals surface area contributed by atoms with Gasteiger partial charge in [-0.2, -0.15) is 4.37 Å². The summed E-state index contributed by atoms with van der Waals surface area (Å²) in [6, 6.07) is 16.3. The van der Waals surface area contributed by atoms with Gasteiger partial charge in [-0.25, -0.2) is 9.97 Å². The van der Waals surface area contributed by atoms with E-state index in [2.05, 4.69) is 52.0 Å². The molecule has 0 bridgehead atoms. The minimum absolute atomic E-state index is 0.157. The second-order valence-electron chi connectivity index (χ2n) is 7.65. The Morgan fingerprint density at radius 1 is 0.871 bits per heavy atom. The van der Waals surface area contributed by atoms with E-state index >= 15 is 0 Å². The van der Waals surface area contributed by atoms with Crippen molar-refractivity contribution >= 4 is 22.7 Å². The van der Waals surface area contributed by atoms with Crippen LogP contribution in [0.5, 0.6) is 0 Å². The average molecular weight is 428 g/mol. The van der Waals surface area contributed by atoms with Crippen LogP contribution >= 0.6 is 11.5 Å². The van der Waals surface area contributed by atoms with Gasteiger partial charge in [-0.15, -0.1) is 0 Å². The van der Waals surface area contributed by atoms with Crippen molar-refractivity contribution in [3.63, 3.8) is 0 Å². The van der Waals surface area contributed by atoms with Gasteiger partial charge in [0.2, 0.25) is 0 Å². The summed E-state index contributed by atoms with van der Waals surface area (Å²) in [5.74, 6) is 1.50. The third-order valence-corrected chi connectivity index (χ3v) is 6.36. The molecule has 0 fully saturated rings. The molecular formula is C24H21N5OS. The molecule has 0 spiro atoms. The van der Waals surface area contributed by atoms with Gasteiger partial charge in [0.05, 0.1) is 0 Å². The highest BCUT2D eigenvalue weighted by Crippen LogP contribution is 2.31. The van der Waals surface area contributed by atoms with Crippen LogP contribution < -0.4 is 4.87 Å². The van der Waals surface area contributed by atoms with E-state index in [1.807, 2.05) is 38.1 Å². The van der Waals surface area contributed by atoms with Gasteiger partial charge >= 0.3 is 4.87 Å². The highest BCUT2D eigenvalue weighted by Gasteiger charge is 2.16. The number of nitrogens with zero attached hydrogens (tertiary/aromatic N) is 4. The van der Waals surface area contributed by atoms with E-state index < -0.39 is 0 Å². The van der Waals surface area contributed by atoms with Gasteiger partial charge < -0.3 is 0 Å². The zero-order chi connectivity index (χ0) is 21.7. The minimum Gasteiger partial charge on any atom is -0.296 e. The summed E-state index contributed by atoms with van der Waals surface area (Å²) in [7, 11) is 0. The van der Waals surface area contributed by atoms with Crippen LogP contribution in [-0.2, 0) is 0 Å². The summed E-state index contributed by atoms with van der Waals surface area (Å²) < 4.78 is 6.35. The molecule has 154 valence electrons. The predicted octanol–water partition coefficient (Wildman–Crippen LogP) is 5.13. The van der Waals surface area contributed by atoms with E-state index in [9.17, 15) is 4.79 Å². The molecule has 2 aromatic carbocycles. The number of hydrogen-bond donors (Lipinski definition) is 1. The molecule has 0 amide bonds. The molecule has 7 heteroatoms. The van der Waals surface area contributed by atoms with Crippen molar-refractivity contribution in [2.45, 2.75) is 27.7 Å². The Morgan fingerprint density at radius 3 is 2.26 bits per heavy atom. The fraction of sp³-hybridized carbons (Fsp3) is 0.167. The fourth-order valence-electron chi connectivity index (χ4n) is 3.95. The van der Waals surface area contributed by atoms with Crippen molar-refractivity contribution in [1.29, 1.82) is 0 Å². The van der Waals surface area contributed by atoms with Crippen molar-refractivity contribution in [1.82, 2.24) is 23.9 Å². The number of imidazole rings is 1. The third kappa shape index (κ3) is 3.18. The Balaban J connectivity index is 1.62. The van der Waals surface area contributed by atoms with Crippen LogP contribution in [0.25, 0.3) is 39.4 Å². The lowest BCUT2D eigenvalue weighted by atomic mass is 9.99. The number of nitrogens with one attached hydrogen (secondary N) is 1. The van der Waals surface area contributed by atoms with E-state index in [-0.39, 0.29) is 4.87 Å². The monoisotopic (exact) mass is 427 g/mol. The zero-order valence-corrected chi connectivity index (χ0v) is 18.5. The third-order valence-electron chi connectivity index (χ3n) is 5.81. The maximum Gasteiger partial charge on any atom is 0.323 e. The van der Waals surface area contributed by atoms with Crippen LogP contribution in [0, 0.1) is 27.7 Å². The molecular weight excluding hydrogens is 406 g/mol. The van der Waals surface area contributed by atoms with Gasteiger partial charge in [0, 0.05) is 28.5 Å². The lowest BCUT2D eigenvalue weighted by Gasteiger charge is -2.11. The van der Waals surface area contributed by atoms with E-state index in [1.165, 1.54) is 11.1 Å². The quantitative estimate of drug-likeness (QED) is 0.433. The second kappa shape index (κ2) is 7.28. The van der Waals surface area contributed by atoms with Gasteiger partial charge in [-0.3, -0.25) is 14.3 Å². The minimum atomic E-state index is -0.157. The molecule has 0 atom stereocenters. The van der Waals surface area contributed by atoms with Gasteiger partial charge in [0.25, 0.3) is 0 Å². The second-order valence-corrected chi connectivity index (χ2v) is 8.39. The normalized spacial score (nSPS) is 11.4. The van der Waals surface area contributed by atoms with Crippen LogP contribution in [0.4, 0.5) is 0 Å². The summed E-state index contributed by atoms with van der Waals surface area (Å²) in [4.78, 5) is 23.9. The molecule has 6 nitrogen and oxygen atoms in total. The molecule has 0 aliphatic heterocycles.